The molecule has 0 bridgehead atoms. The maximum atomic E-state index is 11.2. The van der Waals surface area contributed by atoms with Crippen LogP contribution < -0.4 is 4.90 Å². The monoisotopic (exact) mass is 271 g/mol. The number of hydrogen-bond donors (Lipinski definition) is 1. The Morgan fingerprint density at radius 1 is 1.44 bits per heavy atom. The number of hydrogen-bond acceptors (Lipinski definition) is 3. The van der Waals surface area contributed by atoms with Crippen LogP contribution in [0.25, 0.3) is 0 Å². The molecule has 0 spiro atoms. The van der Waals surface area contributed by atoms with Crippen LogP contribution in [0.3, 0.4) is 0 Å². The molecule has 0 saturated carbocycles. The van der Waals surface area contributed by atoms with Gasteiger partial charge in [-0.1, -0.05) is 11.6 Å². The van der Waals surface area contributed by atoms with Crippen molar-refractivity contribution in [2.75, 3.05) is 31.2 Å². The number of aromatic carboxylic acids is 1. The number of halogens is 1. The molecule has 0 amide bonds. The molecule has 1 N–H and O–H groups in total. The van der Waals surface area contributed by atoms with Crippen molar-refractivity contribution in [1.29, 1.82) is 0 Å². The zero-order chi connectivity index (χ0) is 13.5. The van der Waals surface area contributed by atoms with Gasteiger partial charge in [0, 0.05) is 24.7 Å². The van der Waals surface area contributed by atoms with Gasteiger partial charge in [-0.25, -0.2) is 4.79 Å². The van der Waals surface area contributed by atoms with E-state index in [9.17, 15) is 9.90 Å². The minimum absolute atomic E-state index is 0.223. The third-order valence-electron chi connectivity index (χ3n) is 2.62. The summed E-state index contributed by atoms with van der Waals surface area (Å²) in [5.74, 6) is -0.970. The SMILES string of the molecule is CCOCCN(CC)c1ccc(Cl)cc1C(=O)O. The van der Waals surface area contributed by atoms with E-state index in [0.717, 1.165) is 6.54 Å². The molecule has 0 heterocycles. The summed E-state index contributed by atoms with van der Waals surface area (Å²) in [4.78, 5) is 13.2. The number of ether oxygens (including phenoxy) is 1. The van der Waals surface area contributed by atoms with Crippen LogP contribution >= 0.6 is 11.6 Å². The average molecular weight is 272 g/mol. The van der Waals surface area contributed by atoms with Gasteiger partial charge in [-0.2, -0.15) is 0 Å². The molecule has 4 nitrogen and oxygen atoms in total. The Labute approximate surface area is 112 Å². The molecule has 0 fully saturated rings. The molecule has 1 rings (SSSR count). The lowest BCUT2D eigenvalue weighted by atomic mass is 10.1. The van der Waals surface area contributed by atoms with Gasteiger partial charge in [0.15, 0.2) is 0 Å². The highest BCUT2D eigenvalue weighted by molar-refractivity contribution is 6.31. The van der Waals surface area contributed by atoms with E-state index in [-0.39, 0.29) is 5.56 Å². The molecule has 0 aliphatic carbocycles. The van der Waals surface area contributed by atoms with Gasteiger partial charge in [0.1, 0.15) is 0 Å². The fourth-order valence-corrected chi connectivity index (χ4v) is 1.90. The molecule has 1 aromatic rings. The van der Waals surface area contributed by atoms with Crippen LogP contribution in [0.4, 0.5) is 5.69 Å². The van der Waals surface area contributed by atoms with Crippen LogP contribution in [0.5, 0.6) is 0 Å². The Kier molecular flexibility index (Phi) is 5.95. The Morgan fingerprint density at radius 2 is 2.17 bits per heavy atom. The molecular weight excluding hydrogens is 254 g/mol. The topological polar surface area (TPSA) is 49.8 Å². The summed E-state index contributed by atoms with van der Waals surface area (Å²) in [5.41, 5.74) is 0.898. The molecule has 5 heteroatoms. The fourth-order valence-electron chi connectivity index (χ4n) is 1.72. The predicted octanol–water partition coefficient (Wildman–Crippen LogP) is 2.90. The number of nitrogens with zero attached hydrogens (tertiary/aromatic N) is 1. The van der Waals surface area contributed by atoms with Gasteiger partial charge in [-0.05, 0) is 32.0 Å². The van der Waals surface area contributed by atoms with Gasteiger partial charge in [0.2, 0.25) is 0 Å². The molecule has 1 aromatic carbocycles. The lowest BCUT2D eigenvalue weighted by Gasteiger charge is -2.24. The van der Waals surface area contributed by atoms with Crippen molar-refractivity contribution < 1.29 is 14.6 Å². The van der Waals surface area contributed by atoms with E-state index in [4.69, 9.17) is 16.3 Å². The molecule has 0 aliphatic heterocycles. The highest BCUT2D eigenvalue weighted by atomic mass is 35.5. The normalized spacial score (nSPS) is 10.4. The van der Waals surface area contributed by atoms with Gasteiger partial charge >= 0.3 is 5.97 Å². The maximum Gasteiger partial charge on any atom is 0.337 e. The standard InChI is InChI=1S/C13H18ClNO3/c1-3-15(7-8-18-4-2)12-6-5-10(14)9-11(12)13(16)17/h5-6,9H,3-4,7-8H2,1-2H3,(H,16,17). The second-order valence-electron chi connectivity index (χ2n) is 3.74. The van der Waals surface area contributed by atoms with Crippen molar-refractivity contribution in [3.8, 4) is 0 Å². The van der Waals surface area contributed by atoms with E-state index in [1.165, 1.54) is 6.07 Å². The molecule has 100 valence electrons. The van der Waals surface area contributed by atoms with Crippen LogP contribution in [-0.2, 0) is 4.74 Å². The van der Waals surface area contributed by atoms with Crippen molar-refractivity contribution in [2.24, 2.45) is 0 Å². The highest BCUT2D eigenvalue weighted by Crippen LogP contribution is 2.24. The predicted molar refractivity (Wildman–Crippen MR) is 72.8 cm³/mol. The van der Waals surface area contributed by atoms with Gasteiger partial charge in [-0.15, -0.1) is 0 Å². The van der Waals surface area contributed by atoms with Crippen molar-refractivity contribution in [1.82, 2.24) is 0 Å². The number of carboxylic acid groups (broad SMARTS) is 1. The van der Waals surface area contributed by atoms with Gasteiger partial charge in [0.05, 0.1) is 17.9 Å². The first-order valence-electron chi connectivity index (χ1n) is 5.95. The third-order valence-corrected chi connectivity index (χ3v) is 2.86. The summed E-state index contributed by atoms with van der Waals surface area (Å²) in [6.45, 7) is 6.52. The molecule has 18 heavy (non-hydrogen) atoms. The maximum absolute atomic E-state index is 11.2. The summed E-state index contributed by atoms with van der Waals surface area (Å²) >= 11 is 5.83. The molecular formula is C13H18ClNO3. The molecule has 0 radical (unpaired) electrons. The summed E-state index contributed by atoms with van der Waals surface area (Å²) in [6, 6.07) is 4.91. The molecule has 0 atom stereocenters. The second-order valence-corrected chi connectivity index (χ2v) is 4.18. The largest absolute Gasteiger partial charge is 0.478 e. The molecule has 0 unspecified atom stereocenters. The van der Waals surface area contributed by atoms with Crippen molar-refractivity contribution in [3.05, 3.63) is 28.8 Å². The van der Waals surface area contributed by atoms with Gasteiger partial charge < -0.3 is 14.7 Å². The zero-order valence-corrected chi connectivity index (χ0v) is 11.4. The lowest BCUT2D eigenvalue weighted by Crippen LogP contribution is -2.28. The Bertz CT molecular complexity index is 409. The summed E-state index contributed by atoms with van der Waals surface area (Å²) in [5, 5.41) is 9.62. The van der Waals surface area contributed by atoms with Gasteiger partial charge in [0.25, 0.3) is 0 Å². The lowest BCUT2D eigenvalue weighted by molar-refractivity contribution is 0.0697. The quantitative estimate of drug-likeness (QED) is 0.775. The number of carboxylic acids is 1. The minimum atomic E-state index is -0.970. The first-order chi connectivity index (χ1) is 8.60. The molecule has 0 aromatic heterocycles. The van der Waals surface area contributed by atoms with E-state index < -0.39 is 5.97 Å². The van der Waals surface area contributed by atoms with E-state index in [1.54, 1.807) is 12.1 Å². The number of likely N-dealkylation sites (N-methyl/N-ethyl adjacent to an activating group) is 1. The first kappa shape index (κ1) is 14.8. The van der Waals surface area contributed by atoms with Crippen molar-refractivity contribution >= 4 is 23.3 Å². The Morgan fingerprint density at radius 3 is 2.72 bits per heavy atom. The summed E-state index contributed by atoms with van der Waals surface area (Å²) < 4.78 is 5.30. The number of carbonyl (C=O) groups is 1. The first-order valence-corrected chi connectivity index (χ1v) is 6.33. The van der Waals surface area contributed by atoms with Crippen LogP contribution in [-0.4, -0.2) is 37.4 Å². The summed E-state index contributed by atoms with van der Waals surface area (Å²) in [6.07, 6.45) is 0. The number of anilines is 1. The second kappa shape index (κ2) is 7.24. The highest BCUT2D eigenvalue weighted by Gasteiger charge is 2.15. The van der Waals surface area contributed by atoms with Crippen molar-refractivity contribution in [2.45, 2.75) is 13.8 Å². The Hall–Kier alpha value is -1.26. The number of rotatable bonds is 7. The molecule has 0 aliphatic rings. The number of benzene rings is 1. The average Bonchev–Trinajstić information content (AvgIpc) is 2.35. The van der Waals surface area contributed by atoms with Crippen LogP contribution in [0.1, 0.15) is 24.2 Å². The Balaban J connectivity index is 2.93. The van der Waals surface area contributed by atoms with Crippen LogP contribution in [0, 0.1) is 0 Å². The minimum Gasteiger partial charge on any atom is -0.478 e. The zero-order valence-electron chi connectivity index (χ0n) is 10.6. The van der Waals surface area contributed by atoms with Gasteiger partial charge in [-0.3, -0.25) is 0 Å². The van der Waals surface area contributed by atoms with E-state index in [0.29, 0.717) is 30.5 Å². The van der Waals surface area contributed by atoms with E-state index in [2.05, 4.69) is 0 Å². The smallest absolute Gasteiger partial charge is 0.337 e. The fraction of sp³-hybridized carbons (Fsp3) is 0.462. The third kappa shape index (κ3) is 3.89. The summed E-state index contributed by atoms with van der Waals surface area (Å²) in [7, 11) is 0. The van der Waals surface area contributed by atoms with Crippen molar-refractivity contribution in [3.63, 3.8) is 0 Å². The van der Waals surface area contributed by atoms with E-state index >= 15 is 0 Å². The van der Waals surface area contributed by atoms with Crippen LogP contribution in [0.15, 0.2) is 18.2 Å². The molecule has 0 saturated heterocycles. The van der Waals surface area contributed by atoms with Crippen LogP contribution in [0.2, 0.25) is 5.02 Å². The van der Waals surface area contributed by atoms with E-state index in [1.807, 2.05) is 18.7 Å².